The molecule has 2 nitrogen and oxygen atoms in total. The van der Waals surface area contributed by atoms with E-state index in [1.165, 1.54) is 0 Å². The van der Waals surface area contributed by atoms with Crippen molar-refractivity contribution in [3.05, 3.63) is 70.2 Å². The molecule has 0 fully saturated rings. The minimum absolute atomic E-state index is 0.523. The van der Waals surface area contributed by atoms with Crippen LogP contribution in [0.3, 0.4) is 0 Å². The Hall–Kier alpha value is -1.74. The molecule has 0 saturated heterocycles. The molecule has 20 heavy (non-hydrogen) atoms. The average Bonchev–Trinajstić information content (AvgIpc) is 2.45. The molecule has 2 aromatic rings. The average molecular weight is 332 g/mol. The van der Waals surface area contributed by atoms with Crippen molar-refractivity contribution in [3.8, 4) is 5.75 Å². The normalized spacial score (nSPS) is 10.9. The summed E-state index contributed by atoms with van der Waals surface area (Å²) in [5, 5.41) is 0. The highest BCUT2D eigenvalue weighted by Gasteiger charge is 2.09. The lowest BCUT2D eigenvalue weighted by Gasteiger charge is -2.14. The van der Waals surface area contributed by atoms with Crippen molar-refractivity contribution in [1.29, 1.82) is 0 Å². The van der Waals surface area contributed by atoms with Crippen molar-refractivity contribution in [2.75, 3.05) is 5.73 Å². The largest absolute Gasteiger partial charge is 0.486 e. The highest BCUT2D eigenvalue weighted by molar-refractivity contribution is 9.10. The molecular weight excluding hydrogens is 314 g/mol. The molecule has 0 aliphatic rings. The zero-order valence-corrected chi connectivity index (χ0v) is 13.1. The van der Waals surface area contributed by atoms with Gasteiger partial charge in [-0.1, -0.05) is 58.4 Å². The van der Waals surface area contributed by atoms with Crippen LogP contribution in [0.5, 0.6) is 5.75 Å². The van der Waals surface area contributed by atoms with E-state index in [0.29, 0.717) is 12.3 Å². The summed E-state index contributed by atoms with van der Waals surface area (Å²) in [4.78, 5) is 0. The van der Waals surface area contributed by atoms with Crippen LogP contribution in [0, 0.1) is 0 Å². The number of benzene rings is 2. The van der Waals surface area contributed by atoms with Gasteiger partial charge in [-0.15, -0.1) is 0 Å². The number of hydrogen-bond donors (Lipinski definition) is 1. The molecule has 0 bridgehead atoms. The van der Waals surface area contributed by atoms with Gasteiger partial charge in [0.1, 0.15) is 12.4 Å². The summed E-state index contributed by atoms with van der Waals surface area (Å²) in [6.45, 7) is 2.53. The summed E-state index contributed by atoms with van der Waals surface area (Å²) in [5.74, 6) is 0.773. The van der Waals surface area contributed by atoms with Crippen LogP contribution in [0.25, 0.3) is 0 Å². The van der Waals surface area contributed by atoms with Gasteiger partial charge in [0.05, 0.1) is 5.69 Å². The first-order valence-electron chi connectivity index (χ1n) is 6.56. The summed E-state index contributed by atoms with van der Waals surface area (Å²) in [5.41, 5.74) is 8.96. The first-order valence-corrected chi connectivity index (χ1v) is 7.35. The van der Waals surface area contributed by atoms with Gasteiger partial charge in [0.25, 0.3) is 0 Å². The number of halogens is 1. The second kappa shape index (κ2) is 7.15. The topological polar surface area (TPSA) is 35.2 Å². The summed E-state index contributed by atoms with van der Waals surface area (Å²) in [6, 6.07) is 14.0. The first-order chi connectivity index (χ1) is 9.70. The molecular formula is C17H18BrNO. The lowest BCUT2D eigenvalue weighted by molar-refractivity contribution is 0.305. The van der Waals surface area contributed by atoms with Crippen molar-refractivity contribution in [2.45, 2.75) is 20.0 Å². The maximum Gasteiger partial charge on any atom is 0.146 e. The number of allylic oxidation sites excluding steroid dienone is 2. The van der Waals surface area contributed by atoms with Crippen molar-refractivity contribution >= 4 is 21.6 Å². The molecule has 3 heteroatoms. The molecule has 0 aromatic heterocycles. The van der Waals surface area contributed by atoms with Gasteiger partial charge in [0.15, 0.2) is 0 Å². The lowest BCUT2D eigenvalue weighted by atomic mass is 10.1. The standard InChI is InChI=1S/C17H18BrNO/c1-2-3-9-14-10-15(18)11-16(19)17(14)20-12-13-7-5-4-6-8-13/h2-8,10-11H,9,12,19H2,1H3/b3-2+. The number of nitrogen functional groups attached to an aromatic ring is 1. The Morgan fingerprint density at radius 1 is 1.20 bits per heavy atom. The summed E-state index contributed by atoms with van der Waals surface area (Å²) < 4.78 is 6.90. The van der Waals surface area contributed by atoms with Gasteiger partial charge in [-0.05, 0) is 31.0 Å². The molecule has 104 valence electrons. The van der Waals surface area contributed by atoms with Crippen LogP contribution in [0.15, 0.2) is 59.1 Å². The highest BCUT2D eigenvalue weighted by Crippen LogP contribution is 2.32. The van der Waals surface area contributed by atoms with Crippen molar-refractivity contribution < 1.29 is 4.74 Å². The summed E-state index contributed by atoms with van der Waals surface area (Å²) >= 11 is 3.48. The van der Waals surface area contributed by atoms with Crippen molar-refractivity contribution in [1.82, 2.24) is 0 Å². The van der Waals surface area contributed by atoms with E-state index < -0.39 is 0 Å². The minimum atomic E-state index is 0.523. The van der Waals surface area contributed by atoms with E-state index in [-0.39, 0.29) is 0 Å². The summed E-state index contributed by atoms with van der Waals surface area (Å²) in [7, 11) is 0. The van der Waals surface area contributed by atoms with Crippen molar-refractivity contribution in [2.24, 2.45) is 0 Å². The maximum atomic E-state index is 6.08. The first kappa shape index (κ1) is 14.7. The molecule has 0 spiro atoms. The molecule has 0 radical (unpaired) electrons. The Morgan fingerprint density at radius 2 is 1.95 bits per heavy atom. The molecule has 2 N–H and O–H groups in total. The SMILES string of the molecule is C/C=C/Cc1cc(Br)cc(N)c1OCc1ccccc1. The van der Waals surface area contributed by atoms with Gasteiger partial charge in [-0.3, -0.25) is 0 Å². The fraction of sp³-hybridized carbons (Fsp3) is 0.176. The number of rotatable bonds is 5. The van der Waals surface area contributed by atoms with E-state index in [1.54, 1.807) is 0 Å². The fourth-order valence-corrected chi connectivity index (χ4v) is 2.50. The van der Waals surface area contributed by atoms with Crippen LogP contribution in [-0.4, -0.2) is 0 Å². The van der Waals surface area contributed by atoms with Gasteiger partial charge < -0.3 is 10.5 Å². The van der Waals surface area contributed by atoms with E-state index >= 15 is 0 Å². The second-order valence-electron chi connectivity index (χ2n) is 4.53. The van der Waals surface area contributed by atoms with Crippen LogP contribution in [-0.2, 0) is 13.0 Å². The Kier molecular flexibility index (Phi) is 5.24. The van der Waals surface area contributed by atoms with E-state index in [2.05, 4.69) is 28.1 Å². The molecule has 0 aliphatic carbocycles. The molecule has 0 amide bonds. The molecule has 0 atom stereocenters. The van der Waals surface area contributed by atoms with E-state index in [4.69, 9.17) is 10.5 Å². The predicted octanol–water partition coefficient (Wildman–Crippen LogP) is 4.73. The van der Waals surface area contributed by atoms with Crippen LogP contribution in [0.1, 0.15) is 18.1 Å². The monoisotopic (exact) mass is 331 g/mol. The number of ether oxygens (including phenoxy) is 1. The molecule has 0 unspecified atom stereocenters. The molecule has 2 rings (SSSR count). The third-order valence-corrected chi connectivity index (χ3v) is 3.42. The molecule has 0 saturated carbocycles. The van der Waals surface area contributed by atoms with Gasteiger partial charge >= 0.3 is 0 Å². The Morgan fingerprint density at radius 3 is 2.65 bits per heavy atom. The Balaban J connectivity index is 2.21. The van der Waals surface area contributed by atoms with Gasteiger partial charge in [0.2, 0.25) is 0 Å². The zero-order valence-electron chi connectivity index (χ0n) is 11.5. The lowest BCUT2D eigenvalue weighted by Crippen LogP contribution is -2.02. The van der Waals surface area contributed by atoms with Crippen molar-refractivity contribution in [3.63, 3.8) is 0 Å². The number of anilines is 1. The molecule has 0 heterocycles. The Bertz CT molecular complexity index is 593. The van der Waals surface area contributed by atoms with Gasteiger partial charge in [0, 0.05) is 10.0 Å². The summed E-state index contributed by atoms with van der Waals surface area (Å²) in [6.07, 6.45) is 4.93. The fourth-order valence-electron chi connectivity index (χ4n) is 1.98. The van der Waals surface area contributed by atoms with E-state index in [1.807, 2.05) is 49.4 Å². The number of hydrogen-bond acceptors (Lipinski definition) is 2. The third-order valence-electron chi connectivity index (χ3n) is 2.96. The predicted molar refractivity (Wildman–Crippen MR) is 87.8 cm³/mol. The number of nitrogens with two attached hydrogens (primary N) is 1. The van der Waals surface area contributed by atoms with E-state index in [0.717, 1.165) is 27.8 Å². The van der Waals surface area contributed by atoms with Crippen LogP contribution < -0.4 is 10.5 Å². The second-order valence-corrected chi connectivity index (χ2v) is 5.45. The van der Waals surface area contributed by atoms with Crippen LogP contribution in [0.2, 0.25) is 0 Å². The zero-order chi connectivity index (χ0) is 14.4. The van der Waals surface area contributed by atoms with Crippen LogP contribution in [0.4, 0.5) is 5.69 Å². The highest BCUT2D eigenvalue weighted by atomic mass is 79.9. The molecule has 2 aromatic carbocycles. The minimum Gasteiger partial charge on any atom is -0.486 e. The molecule has 0 aliphatic heterocycles. The van der Waals surface area contributed by atoms with Gasteiger partial charge in [-0.2, -0.15) is 0 Å². The van der Waals surface area contributed by atoms with Gasteiger partial charge in [-0.25, -0.2) is 0 Å². The smallest absolute Gasteiger partial charge is 0.146 e. The Labute approximate surface area is 128 Å². The third kappa shape index (κ3) is 3.87. The maximum absolute atomic E-state index is 6.08. The van der Waals surface area contributed by atoms with E-state index in [9.17, 15) is 0 Å². The quantitative estimate of drug-likeness (QED) is 0.635. The van der Waals surface area contributed by atoms with Crippen LogP contribution >= 0.6 is 15.9 Å².